The number of rotatable bonds is 4. The molecule has 2 heterocycles. The summed E-state index contributed by atoms with van der Waals surface area (Å²) in [4.78, 5) is 2.39. The fourth-order valence-corrected chi connectivity index (χ4v) is 3.05. The first-order chi connectivity index (χ1) is 11.7. The first-order valence-electron chi connectivity index (χ1n) is 8.15. The summed E-state index contributed by atoms with van der Waals surface area (Å²) in [7, 11) is 0. The van der Waals surface area contributed by atoms with E-state index in [1.807, 2.05) is 29.8 Å². The van der Waals surface area contributed by atoms with Gasteiger partial charge in [0.25, 0.3) is 0 Å². The molecule has 0 spiro atoms. The maximum absolute atomic E-state index is 5.45. The van der Waals surface area contributed by atoms with Crippen molar-refractivity contribution in [2.24, 2.45) is 10.8 Å². The number of benzene rings is 1. The summed E-state index contributed by atoms with van der Waals surface area (Å²) < 4.78 is 2.00. The van der Waals surface area contributed by atoms with Crippen LogP contribution in [0.15, 0.2) is 35.4 Å². The van der Waals surface area contributed by atoms with Gasteiger partial charge in [0.2, 0.25) is 0 Å². The van der Waals surface area contributed by atoms with Crippen LogP contribution in [0, 0.1) is 6.92 Å². The fraction of sp³-hybridized carbons (Fsp3) is 0.353. The van der Waals surface area contributed by atoms with Gasteiger partial charge in [0.1, 0.15) is 5.82 Å². The van der Waals surface area contributed by atoms with E-state index >= 15 is 0 Å². The molecule has 3 N–H and O–H groups in total. The van der Waals surface area contributed by atoms with Crippen LogP contribution in [-0.4, -0.2) is 34.2 Å². The number of nitrogens with two attached hydrogens (primary N) is 1. The summed E-state index contributed by atoms with van der Waals surface area (Å²) in [6, 6.07) is 10.2. The fourth-order valence-electron chi connectivity index (χ4n) is 3.00. The maximum Gasteiger partial charge on any atom is 0.184 e. The Morgan fingerprint density at radius 1 is 1.25 bits per heavy atom. The Morgan fingerprint density at radius 2 is 1.96 bits per heavy atom. The molecule has 3 rings (SSSR count). The minimum absolute atomic E-state index is 0.152. The van der Waals surface area contributed by atoms with E-state index in [1.165, 1.54) is 19.3 Å². The van der Waals surface area contributed by atoms with E-state index in [2.05, 4.69) is 27.6 Å². The van der Waals surface area contributed by atoms with Crippen LogP contribution in [-0.2, 0) is 0 Å². The van der Waals surface area contributed by atoms with Gasteiger partial charge >= 0.3 is 0 Å². The monoisotopic (exact) mass is 342 g/mol. The highest BCUT2D eigenvalue weighted by Gasteiger charge is 2.22. The molecule has 2 aromatic rings. The molecule has 0 aliphatic carbocycles. The number of thiocarbonyl (C=S) groups is 1. The SMILES string of the molecule is Cc1nn(-c2ccccc2)c(N2CCCCC2)c1C=NNC(N)=S. The molecule has 1 aliphatic rings. The Morgan fingerprint density at radius 3 is 2.62 bits per heavy atom. The zero-order valence-electron chi connectivity index (χ0n) is 13.8. The van der Waals surface area contributed by atoms with Gasteiger partial charge < -0.3 is 10.6 Å². The van der Waals surface area contributed by atoms with Crippen LogP contribution in [0.2, 0.25) is 0 Å². The first-order valence-corrected chi connectivity index (χ1v) is 8.56. The Labute approximate surface area is 147 Å². The molecule has 0 radical (unpaired) electrons. The topological polar surface area (TPSA) is 71.5 Å². The van der Waals surface area contributed by atoms with E-state index in [9.17, 15) is 0 Å². The molecule has 0 unspecified atom stereocenters. The number of aryl methyl sites for hydroxylation is 1. The van der Waals surface area contributed by atoms with Gasteiger partial charge in [-0.1, -0.05) is 18.2 Å². The van der Waals surface area contributed by atoms with Crippen molar-refractivity contribution < 1.29 is 0 Å². The number of aromatic nitrogens is 2. The molecular formula is C17H22N6S. The molecule has 1 aromatic carbocycles. The lowest BCUT2D eigenvalue weighted by Gasteiger charge is -2.29. The molecule has 1 aliphatic heterocycles. The van der Waals surface area contributed by atoms with Crippen molar-refractivity contribution in [3.8, 4) is 5.69 Å². The quantitative estimate of drug-likeness (QED) is 0.507. The third-order valence-electron chi connectivity index (χ3n) is 4.11. The second-order valence-electron chi connectivity index (χ2n) is 5.85. The Hall–Kier alpha value is -2.41. The third-order valence-corrected chi connectivity index (χ3v) is 4.20. The lowest BCUT2D eigenvalue weighted by Crippen LogP contribution is -2.32. The maximum atomic E-state index is 5.45. The predicted octanol–water partition coefficient (Wildman–Crippen LogP) is 2.34. The molecule has 24 heavy (non-hydrogen) atoms. The average Bonchev–Trinajstić information content (AvgIpc) is 2.93. The third kappa shape index (κ3) is 3.56. The van der Waals surface area contributed by atoms with Gasteiger partial charge in [-0.15, -0.1) is 0 Å². The van der Waals surface area contributed by atoms with Crippen molar-refractivity contribution in [1.82, 2.24) is 15.2 Å². The minimum Gasteiger partial charge on any atom is -0.375 e. The number of hydrazone groups is 1. The lowest BCUT2D eigenvalue weighted by molar-refractivity contribution is 0.567. The second kappa shape index (κ2) is 7.44. The summed E-state index contributed by atoms with van der Waals surface area (Å²) in [6.07, 6.45) is 5.42. The number of para-hydroxylation sites is 1. The van der Waals surface area contributed by atoms with Crippen molar-refractivity contribution in [2.45, 2.75) is 26.2 Å². The Balaban J connectivity index is 2.05. The summed E-state index contributed by atoms with van der Waals surface area (Å²) >= 11 is 4.81. The molecule has 1 aromatic heterocycles. The lowest BCUT2D eigenvalue weighted by atomic mass is 10.1. The van der Waals surface area contributed by atoms with Crippen LogP contribution in [0.5, 0.6) is 0 Å². The molecule has 0 atom stereocenters. The van der Waals surface area contributed by atoms with Gasteiger partial charge in [0.05, 0.1) is 23.2 Å². The van der Waals surface area contributed by atoms with Gasteiger partial charge in [0, 0.05) is 13.1 Å². The second-order valence-corrected chi connectivity index (χ2v) is 6.29. The Kier molecular flexibility index (Phi) is 5.10. The summed E-state index contributed by atoms with van der Waals surface area (Å²) in [5.41, 5.74) is 11.0. The highest BCUT2D eigenvalue weighted by molar-refractivity contribution is 7.80. The predicted molar refractivity (Wildman–Crippen MR) is 102 cm³/mol. The molecule has 1 fully saturated rings. The molecule has 0 saturated carbocycles. The Bertz CT molecular complexity index is 731. The van der Waals surface area contributed by atoms with Crippen molar-refractivity contribution in [1.29, 1.82) is 0 Å². The molecule has 0 amide bonds. The zero-order valence-corrected chi connectivity index (χ0v) is 14.6. The van der Waals surface area contributed by atoms with Crippen molar-refractivity contribution in [3.05, 3.63) is 41.6 Å². The standard InChI is InChI=1S/C17H22N6S/c1-13-15(12-19-20-17(18)24)16(22-10-6-3-7-11-22)23(21-13)14-8-4-2-5-9-14/h2,4-5,8-9,12H,3,6-7,10-11H2,1H3,(H3,18,20,24). The van der Waals surface area contributed by atoms with Gasteiger partial charge in [-0.3, -0.25) is 5.43 Å². The van der Waals surface area contributed by atoms with Crippen LogP contribution in [0.25, 0.3) is 5.69 Å². The minimum atomic E-state index is 0.152. The number of nitrogens with one attached hydrogen (secondary N) is 1. The summed E-state index contributed by atoms with van der Waals surface area (Å²) in [5.74, 6) is 1.08. The van der Waals surface area contributed by atoms with Crippen LogP contribution in [0.4, 0.5) is 5.82 Å². The zero-order chi connectivity index (χ0) is 16.9. The van der Waals surface area contributed by atoms with E-state index in [4.69, 9.17) is 23.1 Å². The van der Waals surface area contributed by atoms with Gasteiger partial charge in [-0.05, 0) is 50.5 Å². The van der Waals surface area contributed by atoms with Gasteiger partial charge in [0.15, 0.2) is 5.11 Å². The average molecular weight is 342 g/mol. The summed E-state index contributed by atoms with van der Waals surface area (Å²) in [6.45, 7) is 4.05. The van der Waals surface area contributed by atoms with Crippen LogP contribution >= 0.6 is 12.2 Å². The van der Waals surface area contributed by atoms with Crippen LogP contribution < -0.4 is 16.1 Å². The van der Waals surface area contributed by atoms with E-state index in [0.29, 0.717) is 0 Å². The van der Waals surface area contributed by atoms with Crippen molar-refractivity contribution >= 4 is 29.4 Å². The number of piperidine rings is 1. The normalized spacial score (nSPS) is 15.0. The number of hydrogen-bond acceptors (Lipinski definition) is 4. The van der Waals surface area contributed by atoms with E-state index in [0.717, 1.165) is 35.9 Å². The smallest absolute Gasteiger partial charge is 0.184 e. The van der Waals surface area contributed by atoms with E-state index in [1.54, 1.807) is 6.21 Å². The highest BCUT2D eigenvalue weighted by Crippen LogP contribution is 2.28. The number of anilines is 1. The molecular weight excluding hydrogens is 320 g/mol. The van der Waals surface area contributed by atoms with Gasteiger partial charge in [-0.2, -0.15) is 10.2 Å². The van der Waals surface area contributed by atoms with Crippen molar-refractivity contribution in [3.63, 3.8) is 0 Å². The van der Waals surface area contributed by atoms with Crippen LogP contribution in [0.3, 0.4) is 0 Å². The number of hydrogen-bond donors (Lipinski definition) is 2. The molecule has 126 valence electrons. The largest absolute Gasteiger partial charge is 0.375 e. The highest BCUT2D eigenvalue weighted by atomic mass is 32.1. The number of nitrogens with zero attached hydrogens (tertiary/aromatic N) is 4. The molecule has 6 nitrogen and oxygen atoms in total. The molecule has 0 bridgehead atoms. The van der Waals surface area contributed by atoms with E-state index < -0.39 is 0 Å². The van der Waals surface area contributed by atoms with Gasteiger partial charge in [-0.25, -0.2) is 4.68 Å². The first kappa shape index (κ1) is 16.4. The molecule has 1 saturated heterocycles. The van der Waals surface area contributed by atoms with Crippen LogP contribution in [0.1, 0.15) is 30.5 Å². The molecule has 7 heteroatoms. The summed E-state index contributed by atoms with van der Waals surface area (Å²) in [5, 5.41) is 9.04. The van der Waals surface area contributed by atoms with E-state index in [-0.39, 0.29) is 5.11 Å². The van der Waals surface area contributed by atoms with Crippen molar-refractivity contribution in [2.75, 3.05) is 18.0 Å².